The van der Waals surface area contributed by atoms with Crippen molar-refractivity contribution in [3.05, 3.63) is 59.2 Å². The molecule has 0 fully saturated rings. The molecule has 0 bridgehead atoms. The van der Waals surface area contributed by atoms with E-state index < -0.39 is 11.8 Å². The predicted molar refractivity (Wildman–Crippen MR) is 89.6 cm³/mol. The van der Waals surface area contributed by atoms with Gasteiger partial charge in [-0.05, 0) is 56.2 Å². The van der Waals surface area contributed by atoms with Crippen LogP contribution in [0, 0.1) is 13.8 Å². The molecule has 0 saturated heterocycles. The Labute approximate surface area is 134 Å². The maximum Gasteiger partial charge on any atom is 0.314 e. The van der Waals surface area contributed by atoms with Crippen LogP contribution < -0.4 is 10.6 Å². The van der Waals surface area contributed by atoms with Crippen molar-refractivity contribution in [2.45, 2.75) is 20.8 Å². The number of carbonyl (C=O) groups is 3. The Morgan fingerprint density at radius 1 is 0.783 bits per heavy atom. The fourth-order valence-electron chi connectivity index (χ4n) is 2.24. The van der Waals surface area contributed by atoms with E-state index in [-0.39, 0.29) is 5.78 Å². The molecule has 0 aromatic heterocycles. The average Bonchev–Trinajstić information content (AvgIpc) is 2.46. The van der Waals surface area contributed by atoms with E-state index in [9.17, 15) is 14.4 Å². The fraction of sp³-hybridized carbons (Fsp3) is 0.167. The zero-order chi connectivity index (χ0) is 17.0. The first-order chi connectivity index (χ1) is 10.8. The van der Waals surface area contributed by atoms with Crippen LogP contribution >= 0.6 is 0 Å². The maximum atomic E-state index is 12.0. The highest BCUT2D eigenvalue weighted by atomic mass is 16.2. The summed E-state index contributed by atoms with van der Waals surface area (Å²) in [6.45, 7) is 5.26. The molecule has 0 spiro atoms. The summed E-state index contributed by atoms with van der Waals surface area (Å²) in [5, 5.41) is 5.05. The molecule has 0 saturated carbocycles. The summed E-state index contributed by atoms with van der Waals surface area (Å²) in [5.74, 6) is -1.66. The number of aryl methyl sites for hydroxylation is 2. The van der Waals surface area contributed by atoms with Gasteiger partial charge in [-0.25, -0.2) is 0 Å². The molecule has 0 atom stereocenters. The van der Waals surface area contributed by atoms with Crippen LogP contribution in [0.4, 0.5) is 11.4 Å². The smallest absolute Gasteiger partial charge is 0.314 e. The molecule has 118 valence electrons. The summed E-state index contributed by atoms with van der Waals surface area (Å²) >= 11 is 0. The van der Waals surface area contributed by atoms with E-state index in [2.05, 4.69) is 10.6 Å². The van der Waals surface area contributed by atoms with Crippen LogP contribution in [0.3, 0.4) is 0 Å². The van der Waals surface area contributed by atoms with E-state index in [1.54, 1.807) is 30.3 Å². The van der Waals surface area contributed by atoms with Crippen LogP contribution in [-0.2, 0) is 9.59 Å². The van der Waals surface area contributed by atoms with E-state index in [1.807, 2.05) is 19.9 Å². The number of Topliss-reactive ketones (excluding diaryl/α,β-unsaturated/α-hetero) is 1. The molecule has 23 heavy (non-hydrogen) atoms. The van der Waals surface area contributed by atoms with Gasteiger partial charge in [0.25, 0.3) is 0 Å². The van der Waals surface area contributed by atoms with Gasteiger partial charge >= 0.3 is 11.8 Å². The van der Waals surface area contributed by atoms with E-state index in [0.717, 1.165) is 11.1 Å². The van der Waals surface area contributed by atoms with Crippen LogP contribution in [0.2, 0.25) is 0 Å². The molecule has 5 heteroatoms. The average molecular weight is 310 g/mol. The minimum Gasteiger partial charge on any atom is -0.318 e. The van der Waals surface area contributed by atoms with Crippen molar-refractivity contribution < 1.29 is 14.4 Å². The standard InChI is InChI=1S/C18H18N2O3/c1-11-7-12(2)9-16(8-11)20-18(23)17(22)19-15-6-4-5-14(10-15)13(3)21/h4-10H,1-3H3,(H,19,22)(H,20,23). The van der Waals surface area contributed by atoms with Gasteiger partial charge in [0, 0.05) is 16.9 Å². The van der Waals surface area contributed by atoms with Crippen molar-refractivity contribution in [3.63, 3.8) is 0 Å². The number of nitrogens with one attached hydrogen (secondary N) is 2. The molecule has 2 N–H and O–H groups in total. The summed E-state index contributed by atoms with van der Waals surface area (Å²) in [6.07, 6.45) is 0. The number of amides is 2. The third-order valence-corrected chi connectivity index (χ3v) is 3.21. The maximum absolute atomic E-state index is 12.0. The van der Waals surface area contributed by atoms with Gasteiger partial charge in [-0.2, -0.15) is 0 Å². The Hall–Kier alpha value is -2.95. The molecule has 2 aromatic carbocycles. The largest absolute Gasteiger partial charge is 0.318 e. The normalized spacial score (nSPS) is 10.0. The molecular weight excluding hydrogens is 292 g/mol. The first kappa shape index (κ1) is 16.4. The van der Waals surface area contributed by atoms with E-state index in [0.29, 0.717) is 16.9 Å². The predicted octanol–water partition coefficient (Wildman–Crippen LogP) is 3.08. The topological polar surface area (TPSA) is 75.3 Å². The number of hydrogen-bond acceptors (Lipinski definition) is 3. The van der Waals surface area contributed by atoms with Crippen molar-refractivity contribution in [1.82, 2.24) is 0 Å². The Bertz CT molecular complexity index is 761. The van der Waals surface area contributed by atoms with Crippen LogP contribution in [0.25, 0.3) is 0 Å². The van der Waals surface area contributed by atoms with Crippen LogP contribution in [0.1, 0.15) is 28.4 Å². The van der Waals surface area contributed by atoms with Gasteiger partial charge in [-0.1, -0.05) is 18.2 Å². The highest BCUT2D eigenvalue weighted by molar-refractivity contribution is 6.43. The van der Waals surface area contributed by atoms with Crippen LogP contribution in [0.5, 0.6) is 0 Å². The summed E-state index contributed by atoms with van der Waals surface area (Å²) < 4.78 is 0. The SMILES string of the molecule is CC(=O)c1cccc(NC(=O)C(=O)Nc2cc(C)cc(C)c2)c1. The van der Waals surface area contributed by atoms with Gasteiger partial charge in [0.1, 0.15) is 0 Å². The number of anilines is 2. The second-order valence-electron chi connectivity index (χ2n) is 5.42. The first-order valence-electron chi connectivity index (χ1n) is 7.17. The monoisotopic (exact) mass is 310 g/mol. The lowest BCUT2D eigenvalue weighted by atomic mass is 10.1. The molecule has 2 amide bonds. The van der Waals surface area contributed by atoms with Crippen LogP contribution in [0.15, 0.2) is 42.5 Å². The highest BCUT2D eigenvalue weighted by Gasteiger charge is 2.14. The number of ketones is 1. The third-order valence-electron chi connectivity index (χ3n) is 3.21. The number of rotatable bonds is 3. The van der Waals surface area contributed by atoms with Gasteiger partial charge in [-0.3, -0.25) is 14.4 Å². The minimum absolute atomic E-state index is 0.110. The Morgan fingerprint density at radius 2 is 1.35 bits per heavy atom. The van der Waals surface area contributed by atoms with Gasteiger partial charge in [0.15, 0.2) is 5.78 Å². The summed E-state index contributed by atoms with van der Waals surface area (Å²) in [6, 6.07) is 12.0. The fourth-order valence-corrected chi connectivity index (χ4v) is 2.24. The van der Waals surface area contributed by atoms with Crippen molar-refractivity contribution in [3.8, 4) is 0 Å². The van der Waals surface area contributed by atoms with Gasteiger partial charge < -0.3 is 10.6 Å². The molecule has 2 rings (SSSR count). The lowest BCUT2D eigenvalue weighted by Crippen LogP contribution is -2.29. The second kappa shape index (κ2) is 6.87. The summed E-state index contributed by atoms with van der Waals surface area (Å²) in [5.41, 5.74) is 3.43. The molecule has 0 heterocycles. The highest BCUT2D eigenvalue weighted by Crippen LogP contribution is 2.14. The van der Waals surface area contributed by atoms with E-state index >= 15 is 0 Å². The van der Waals surface area contributed by atoms with E-state index in [4.69, 9.17) is 0 Å². The molecule has 0 radical (unpaired) electrons. The van der Waals surface area contributed by atoms with Crippen molar-refractivity contribution in [2.24, 2.45) is 0 Å². The number of carbonyl (C=O) groups excluding carboxylic acids is 3. The Morgan fingerprint density at radius 3 is 1.91 bits per heavy atom. The first-order valence-corrected chi connectivity index (χ1v) is 7.17. The van der Waals surface area contributed by atoms with Crippen LogP contribution in [-0.4, -0.2) is 17.6 Å². The lowest BCUT2D eigenvalue weighted by Gasteiger charge is -2.08. The van der Waals surface area contributed by atoms with Crippen molar-refractivity contribution in [2.75, 3.05) is 10.6 Å². The van der Waals surface area contributed by atoms with Crippen molar-refractivity contribution >= 4 is 29.0 Å². The zero-order valence-corrected chi connectivity index (χ0v) is 13.3. The Kier molecular flexibility index (Phi) is 4.91. The summed E-state index contributed by atoms with van der Waals surface area (Å²) in [4.78, 5) is 35.3. The number of hydrogen-bond donors (Lipinski definition) is 2. The van der Waals surface area contributed by atoms with E-state index in [1.165, 1.54) is 13.0 Å². The minimum atomic E-state index is -0.787. The molecule has 2 aromatic rings. The van der Waals surface area contributed by atoms with Gasteiger partial charge in [0.2, 0.25) is 0 Å². The summed E-state index contributed by atoms with van der Waals surface area (Å²) in [7, 11) is 0. The Balaban J connectivity index is 2.07. The molecule has 0 aliphatic heterocycles. The second-order valence-corrected chi connectivity index (χ2v) is 5.42. The molecule has 0 unspecified atom stereocenters. The molecule has 0 aliphatic carbocycles. The molecule has 5 nitrogen and oxygen atoms in total. The van der Waals surface area contributed by atoms with Gasteiger partial charge in [-0.15, -0.1) is 0 Å². The molecular formula is C18H18N2O3. The number of benzene rings is 2. The lowest BCUT2D eigenvalue weighted by molar-refractivity contribution is -0.132. The quantitative estimate of drug-likeness (QED) is 0.675. The van der Waals surface area contributed by atoms with Gasteiger partial charge in [0.05, 0.1) is 0 Å². The molecule has 0 aliphatic rings. The van der Waals surface area contributed by atoms with Crippen molar-refractivity contribution in [1.29, 1.82) is 0 Å². The zero-order valence-electron chi connectivity index (χ0n) is 13.3. The third kappa shape index (κ3) is 4.51.